The van der Waals surface area contributed by atoms with Crippen molar-refractivity contribution in [1.82, 2.24) is 10.2 Å². The van der Waals surface area contributed by atoms with Crippen molar-refractivity contribution in [3.63, 3.8) is 0 Å². The normalized spacial score (nSPS) is 11.5. The van der Waals surface area contributed by atoms with Gasteiger partial charge in [-0.15, -0.1) is 12.4 Å². The number of ether oxygens (including phenoxy) is 1. The number of halogens is 1. The number of hydrogen-bond donors (Lipinski definition) is 3. The molecule has 0 bridgehead atoms. The van der Waals surface area contributed by atoms with Crippen molar-refractivity contribution >= 4 is 24.0 Å². The van der Waals surface area contributed by atoms with E-state index in [1.165, 1.54) is 0 Å². The molecule has 6 nitrogen and oxygen atoms in total. The number of anilines is 1. The molecular formula is C17H25ClN4O2. The first-order chi connectivity index (χ1) is 11.0. The van der Waals surface area contributed by atoms with Crippen LogP contribution in [-0.4, -0.2) is 29.3 Å². The Balaban J connectivity index is 0.00000288. The predicted octanol–water partition coefficient (Wildman–Crippen LogP) is 2.92. The molecule has 7 heteroatoms. The molecular weight excluding hydrogens is 328 g/mol. The highest BCUT2D eigenvalue weighted by Gasteiger charge is 2.17. The van der Waals surface area contributed by atoms with Crippen LogP contribution in [-0.2, 0) is 4.79 Å². The van der Waals surface area contributed by atoms with Crippen molar-refractivity contribution in [2.45, 2.75) is 33.1 Å². The molecule has 1 aromatic carbocycles. The van der Waals surface area contributed by atoms with Gasteiger partial charge in [0, 0.05) is 24.3 Å². The second-order valence-corrected chi connectivity index (χ2v) is 5.66. The fourth-order valence-corrected chi connectivity index (χ4v) is 2.69. The summed E-state index contributed by atoms with van der Waals surface area (Å²) in [6, 6.07) is 7.28. The van der Waals surface area contributed by atoms with Crippen molar-refractivity contribution in [2.24, 2.45) is 5.73 Å². The highest BCUT2D eigenvalue weighted by atomic mass is 35.5. The summed E-state index contributed by atoms with van der Waals surface area (Å²) in [7, 11) is 0. The summed E-state index contributed by atoms with van der Waals surface area (Å²) in [6.45, 7) is 6.92. The Kier molecular flexibility index (Phi) is 7.74. The van der Waals surface area contributed by atoms with Gasteiger partial charge >= 0.3 is 0 Å². The van der Waals surface area contributed by atoms with Gasteiger partial charge in [0.25, 0.3) is 0 Å². The standard InChI is InChI=1S/C17H24N4O2.ClH/c1-11(17-12(2)20-21-13(17)3)10-16(22)19-14-4-6-15(7-5-14)23-9-8-18;/h4-7,11H,8-10,18H2,1-3H3,(H,19,22)(H,20,21);1H. The molecule has 0 aliphatic rings. The largest absolute Gasteiger partial charge is 0.492 e. The Labute approximate surface area is 148 Å². The number of nitrogens with zero attached hydrogens (tertiary/aromatic N) is 1. The molecule has 0 radical (unpaired) electrons. The monoisotopic (exact) mass is 352 g/mol. The lowest BCUT2D eigenvalue weighted by molar-refractivity contribution is -0.116. The van der Waals surface area contributed by atoms with Gasteiger partial charge in [-0.25, -0.2) is 0 Å². The van der Waals surface area contributed by atoms with Crippen molar-refractivity contribution < 1.29 is 9.53 Å². The Morgan fingerprint density at radius 3 is 2.54 bits per heavy atom. The third-order valence-electron chi connectivity index (χ3n) is 3.69. The Morgan fingerprint density at radius 2 is 2.00 bits per heavy atom. The molecule has 2 rings (SSSR count). The van der Waals surface area contributed by atoms with E-state index in [4.69, 9.17) is 10.5 Å². The summed E-state index contributed by atoms with van der Waals surface area (Å²) >= 11 is 0. The number of aromatic nitrogens is 2. The van der Waals surface area contributed by atoms with Crippen LogP contribution in [0.1, 0.15) is 36.2 Å². The number of nitrogens with one attached hydrogen (secondary N) is 2. The van der Waals surface area contributed by atoms with E-state index in [9.17, 15) is 4.79 Å². The first-order valence-electron chi connectivity index (χ1n) is 7.75. The van der Waals surface area contributed by atoms with Gasteiger partial charge in [0.05, 0.1) is 5.69 Å². The highest BCUT2D eigenvalue weighted by molar-refractivity contribution is 5.91. The molecule has 2 aromatic rings. The number of aromatic amines is 1. The minimum Gasteiger partial charge on any atom is -0.492 e. The van der Waals surface area contributed by atoms with Gasteiger partial charge < -0.3 is 15.8 Å². The molecule has 0 saturated heterocycles. The summed E-state index contributed by atoms with van der Waals surface area (Å²) in [6.07, 6.45) is 0.409. The van der Waals surface area contributed by atoms with E-state index < -0.39 is 0 Å². The molecule has 132 valence electrons. The molecule has 0 aliphatic heterocycles. The zero-order valence-electron chi connectivity index (χ0n) is 14.3. The lowest BCUT2D eigenvalue weighted by Gasteiger charge is -2.13. The van der Waals surface area contributed by atoms with E-state index in [2.05, 4.69) is 15.5 Å². The van der Waals surface area contributed by atoms with E-state index in [0.29, 0.717) is 19.6 Å². The van der Waals surface area contributed by atoms with Gasteiger partial charge in [0.2, 0.25) is 5.91 Å². The smallest absolute Gasteiger partial charge is 0.224 e. The second-order valence-electron chi connectivity index (χ2n) is 5.66. The Bertz CT molecular complexity index is 636. The van der Waals surface area contributed by atoms with Crippen molar-refractivity contribution in [1.29, 1.82) is 0 Å². The number of H-pyrrole nitrogens is 1. The minimum absolute atomic E-state index is 0. The molecule has 1 unspecified atom stereocenters. The number of hydrogen-bond acceptors (Lipinski definition) is 4. The Hall–Kier alpha value is -2.05. The molecule has 24 heavy (non-hydrogen) atoms. The number of amides is 1. The number of nitrogens with two attached hydrogens (primary N) is 1. The van der Waals surface area contributed by atoms with Crippen LogP contribution in [0.25, 0.3) is 0 Å². The molecule has 1 atom stereocenters. The van der Waals surface area contributed by atoms with Gasteiger partial charge in [0.1, 0.15) is 12.4 Å². The Morgan fingerprint density at radius 1 is 1.33 bits per heavy atom. The fraction of sp³-hybridized carbons (Fsp3) is 0.412. The first-order valence-corrected chi connectivity index (χ1v) is 7.75. The van der Waals surface area contributed by atoms with Crippen LogP contribution in [0.2, 0.25) is 0 Å². The maximum atomic E-state index is 12.2. The van der Waals surface area contributed by atoms with Crippen LogP contribution in [0.3, 0.4) is 0 Å². The maximum Gasteiger partial charge on any atom is 0.224 e. The van der Waals surface area contributed by atoms with Crippen LogP contribution in [0.5, 0.6) is 5.75 Å². The molecule has 0 saturated carbocycles. The van der Waals surface area contributed by atoms with Gasteiger partial charge in [-0.05, 0) is 49.6 Å². The van der Waals surface area contributed by atoms with Crippen molar-refractivity contribution in [3.05, 3.63) is 41.2 Å². The summed E-state index contributed by atoms with van der Waals surface area (Å²) in [5, 5.41) is 10.0. The summed E-state index contributed by atoms with van der Waals surface area (Å²) in [5.41, 5.74) is 9.23. The SMILES string of the molecule is Cc1n[nH]c(C)c1C(C)CC(=O)Nc1ccc(OCCN)cc1.Cl. The van der Waals surface area contributed by atoms with Gasteiger partial charge in [-0.2, -0.15) is 5.10 Å². The molecule has 0 aliphatic carbocycles. The summed E-state index contributed by atoms with van der Waals surface area (Å²) in [4.78, 5) is 12.2. The number of carbonyl (C=O) groups is 1. The quantitative estimate of drug-likeness (QED) is 0.714. The van der Waals surface area contributed by atoms with E-state index in [-0.39, 0.29) is 24.2 Å². The molecule has 0 spiro atoms. The first kappa shape index (κ1) is 20.0. The van der Waals surface area contributed by atoms with Gasteiger partial charge in [-0.3, -0.25) is 9.89 Å². The molecule has 1 aromatic heterocycles. The van der Waals surface area contributed by atoms with E-state index in [1.54, 1.807) is 0 Å². The maximum absolute atomic E-state index is 12.2. The topological polar surface area (TPSA) is 93.0 Å². The number of carbonyl (C=O) groups excluding carboxylic acids is 1. The van der Waals surface area contributed by atoms with Gasteiger partial charge in [-0.1, -0.05) is 6.92 Å². The zero-order valence-corrected chi connectivity index (χ0v) is 15.1. The zero-order chi connectivity index (χ0) is 16.8. The van der Waals surface area contributed by atoms with E-state index in [1.807, 2.05) is 45.0 Å². The summed E-state index contributed by atoms with van der Waals surface area (Å²) in [5.74, 6) is 0.834. The average molecular weight is 353 g/mol. The van der Waals surface area contributed by atoms with E-state index in [0.717, 1.165) is 28.4 Å². The third-order valence-corrected chi connectivity index (χ3v) is 3.69. The lowest BCUT2D eigenvalue weighted by atomic mass is 9.95. The fourth-order valence-electron chi connectivity index (χ4n) is 2.69. The lowest BCUT2D eigenvalue weighted by Crippen LogP contribution is -2.15. The number of rotatable bonds is 7. The second kappa shape index (κ2) is 9.30. The molecule has 1 amide bonds. The van der Waals surface area contributed by atoms with Crippen molar-refractivity contribution in [2.75, 3.05) is 18.5 Å². The van der Waals surface area contributed by atoms with Crippen molar-refractivity contribution in [3.8, 4) is 5.75 Å². The van der Waals surface area contributed by atoms with Crippen LogP contribution in [0.4, 0.5) is 5.69 Å². The van der Waals surface area contributed by atoms with Crippen LogP contribution < -0.4 is 15.8 Å². The molecule has 0 fully saturated rings. The summed E-state index contributed by atoms with van der Waals surface area (Å²) < 4.78 is 5.41. The van der Waals surface area contributed by atoms with Crippen LogP contribution >= 0.6 is 12.4 Å². The minimum atomic E-state index is -0.0203. The average Bonchev–Trinajstić information content (AvgIpc) is 2.85. The molecule has 4 N–H and O–H groups in total. The highest BCUT2D eigenvalue weighted by Crippen LogP contribution is 2.25. The molecule has 1 heterocycles. The number of benzene rings is 1. The van der Waals surface area contributed by atoms with Gasteiger partial charge in [0.15, 0.2) is 0 Å². The van der Waals surface area contributed by atoms with Crippen LogP contribution in [0.15, 0.2) is 24.3 Å². The predicted molar refractivity (Wildman–Crippen MR) is 98.0 cm³/mol. The van der Waals surface area contributed by atoms with Crippen LogP contribution in [0, 0.1) is 13.8 Å². The number of aryl methyl sites for hydroxylation is 2. The third kappa shape index (κ3) is 5.25. The van der Waals surface area contributed by atoms with E-state index >= 15 is 0 Å².